The van der Waals surface area contributed by atoms with Crippen molar-refractivity contribution < 1.29 is 0 Å². The van der Waals surface area contributed by atoms with E-state index in [9.17, 15) is 0 Å². The van der Waals surface area contributed by atoms with Crippen LogP contribution in [0.25, 0.3) is 11.4 Å². The zero-order chi connectivity index (χ0) is 14.8. The lowest BCUT2D eigenvalue weighted by Crippen LogP contribution is -2.31. The van der Waals surface area contributed by atoms with Gasteiger partial charge < -0.3 is 11.1 Å². The van der Waals surface area contributed by atoms with E-state index in [1.807, 2.05) is 30.3 Å². The van der Waals surface area contributed by atoms with Crippen LogP contribution in [0.4, 0.5) is 11.6 Å². The van der Waals surface area contributed by atoms with E-state index in [1.165, 1.54) is 0 Å². The first-order valence-electron chi connectivity index (χ1n) is 6.83. The van der Waals surface area contributed by atoms with Crippen molar-refractivity contribution >= 4 is 11.6 Å². The molecule has 1 atom stereocenters. The van der Waals surface area contributed by atoms with Crippen molar-refractivity contribution in [3.8, 4) is 11.4 Å². The molecule has 0 aliphatic rings. The SMILES string of the molecule is CC(Nc1cc(N)nc(-c2ccccc2)n1)C(C)(C)C. The van der Waals surface area contributed by atoms with Crippen molar-refractivity contribution in [3.05, 3.63) is 36.4 Å². The summed E-state index contributed by atoms with van der Waals surface area (Å²) in [6.07, 6.45) is 0. The normalized spacial score (nSPS) is 13.0. The van der Waals surface area contributed by atoms with E-state index in [0.29, 0.717) is 11.6 Å². The Morgan fingerprint density at radius 1 is 1.10 bits per heavy atom. The van der Waals surface area contributed by atoms with Crippen molar-refractivity contribution in [3.63, 3.8) is 0 Å². The number of hydrogen-bond donors (Lipinski definition) is 2. The molecule has 2 rings (SSSR count). The Morgan fingerprint density at radius 2 is 1.75 bits per heavy atom. The maximum atomic E-state index is 5.89. The molecule has 1 aromatic carbocycles. The number of rotatable bonds is 3. The molecule has 106 valence electrons. The summed E-state index contributed by atoms with van der Waals surface area (Å²) in [6.45, 7) is 8.70. The molecule has 0 aliphatic carbocycles. The molecular formula is C16H22N4. The van der Waals surface area contributed by atoms with E-state index in [1.54, 1.807) is 6.07 Å². The zero-order valence-corrected chi connectivity index (χ0v) is 12.5. The van der Waals surface area contributed by atoms with Crippen molar-refractivity contribution in [2.75, 3.05) is 11.1 Å². The maximum Gasteiger partial charge on any atom is 0.163 e. The Morgan fingerprint density at radius 3 is 2.35 bits per heavy atom. The highest BCUT2D eigenvalue weighted by molar-refractivity contribution is 5.60. The summed E-state index contributed by atoms with van der Waals surface area (Å²) in [6, 6.07) is 11.9. The summed E-state index contributed by atoms with van der Waals surface area (Å²) in [7, 11) is 0. The highest BCUT2D eigenvalue weighted by Crippen LogP contribution is 2.24. The van der Waals surface area contributed by atoms with Crippen LogP contribution in [0.1, 0.15) is 27.7 Å². The third kappa shape index (κ3) is 3.47. The Labute approximate surface area is 120 Å². The highest BCUT2D eigenvalue weighted by atomic mass is 15.1. The van der Waals surface area contributed by atoms with Gasteiger partial charge in [-0.15, -0.1) is 0 Å². The first-order chi connectivity index (χ1) is 9.36. The fourth-order valence-electron chi connectivity index (χ4n) is 1.69. The van der Waals surface area contributed by atoms with Gasteiger partial charge in [-0.3, -0.25) is 0 Å². The van der Waals surface area contributed by atoms with E-state index in [-0.39, 0.29) is 11.5 Å². The number of aromatic nitrogens is 2. The first-order valence-corrected chi connectivity index (χ1v) is 6.83. The van der Waals surface area contributed by atoms with Crippen LogP contribution in [0.15, 0.2) is 36.4 Å². The maximum absolute atomic E-state index is 5.89. The lowest BCUT2D eigenvalue weighted by Gasteiger charge is -2.28. The molecule has 4 heteroatoms. The lowest BCUT2D eigenvalue weighted by molar-refractivity contribution is 0.359. The molecule has 3 N–H and O–H groups in total. The summed E-state index contributed by atoms with van der Waals surface area (Å²) in [4.78, 5) is 8.86. The molecule has 4 nitrogen and oxygen atoms in total. The molecule has 1 aromatic heterocycles. The number of anilines is 2. The number of nitrogens with one attached hydrogen (secondary N) is 1. The van der Waals surface area contributed by atoms with Gasteiger partial charge in [-0.25, -0.2) is 9.97 Å². The summed E-state index contributed by atoms with van der Waals surface area (Å²) >= 11 is 0. The lowest BCUT2D eigenvalue weighted by atomic mass is 9.88. The second-order valence-corrected chi connectivity index (χ2v) is 6.10. The van der Waals surface area contributed by atoms with Crippen LogP contribution in [0.5, 0.6) is 0 Å². The molecule has 0 radical (unpaired) electrons. The van der Waals surface area contributed by atoms with Crippen LogP contribution in [0.3, 0.4) is 0 Å². The third-order valence-electron chi connectivity index (χ3n) is 3.44. The van der Waals surface area contributed by atoms with Gasteiger partial charge in [0.05, 0.1) is 0 Å². The summed E-state index contributed by atoms with van der Waals surface area (Å²) < 4.78 is 0. The van der Waals surface area contributed by atoms with E-state index in [4.69, 9.17) is 5.73 Å². The van der Waals surface area contributed by atoms with Crippen molar-refractivity contribution in [1.29, 1.82) is 0 Å². The average molecular weight is 270 g/mol. The Hall–Kier alpha value is -2.10. The van der Waals surface area contributed by atoms with Gasteiger partial charge in [0.15, 0.2) is 5.82 Å². The monoisotopic (exact) mass is 270 g/mol. The molecule has 0 saturated heterocycles. The molecule has 2 aromatic rings. The molecular weight excluding hydrogens is 248 g/mol. The summed E-state index contributed by atoms with van der Waals surface area (Å²) in [5, 5.41) is 3.40. The van der Waals surface area contributed by atoms with Crippen molar-refractivity contribution in [2.24, 2.45) is 5.41 Å². The minimum atomic E-state index is 0.145. The number of hydrogen-bond acceptors (Lipinski definition) is 4. The standard InChI is InChI=1S/C16H22N4/c1-11(16(2,3)4)18-14-10-13(17)19-15(20-14)12-8-6-5-7-9-12/h5-11H,1-4H3,(H3,17,18,19,20). The molecule has 20 heavy (non-hydrogen) atoms. The summed E-state index contributed by atoms with van der Waals surface area (Å²) in [5.74, 6) is 1.88. The third-order valence-corrected chi connectivity index (χ3v) is 3.44. The molecule has 0 fully saturated rings. The van der Waals surface area contributed by atoms with E-state index in [0.717, 1.165) is 11.4 Å². The van der Waals surface area contributed by atoms with E-state index in [2.05, 4.69) is 43.0 Å². The zero-order valence-electron chi connectivity index (χ0n) is 12.5. The van der Waals surface area contributed by atoms with Crippen LogP contribution in [-0.2, 0) is 0 Å². The smallest absolute Gasteiger partial charge is 0.163 e. The number of benzene rings is 1. The first kappa shape index (κ1) is 14.3. The summed E-state index contributed by atoms with van der Waals surface area (Å²) in [5.41, 5.74) is 7.00. The van der Waals surface area contributed by atoms with Gasteiger partial charge in [0.25, 0.3) is 0 Å². The fourth-order valence-corrected chi connectivity index (χ4v) is 1.69. The van der Waals surface area contributed by atoms with Crippen LogP contribution in [-0.4, -0.2) is 16.0 Å². The Bertz CT molecular complexity index is 573. The van der Waals surface area contributed by atoms with Crippen LogP contribution in [0, 0.1) is 5.41 Å². The number of nitrogens with zero attached hydrogens (tertiary/aromatic N) is 2. The molecule has 0 saturated carbocycles. The van der Waals surface area contributed by atoms with Crippen LogP contribution in [0.2, 0.25) is 0 Å². The van der Waals surface area contributed by atoms with Gasteiger partial charge in [-0.05, 0) is 12.3 Å². The van der Waals surface area contributed by atoms with E-state index >= 15 is 0 Å². The minimum absolute atomic E-state index is 0.145. The van der Waals surface area contributed by atoms with Gasteiger partial charge in [0.2, 0.25) is 0 Å². The molecule has 0 aliphatic heterocycles. The predicted molar refractivity (Wildman–Crippen MR) is 84.4 cm³/mol. The molecule has 0 bridgehead atoms. The van der Waals surface area contributed by atoms with Gasteiger partial charge >= 0.3 is 0 Å². The minimum Gasteiger partial charge on any atom is -0.384 e. The van der Waals surface area contributed by atoms with Gasteiger partial charge in [-0.2, -0.15) is 0 Å². The van der Waals surface area contributed by atoms with Gasteiger partial charge in [0, 0.05) is 17.7 Å². The largest absolute Gasteiger partial charge is 0.384 e. The molecule has 0 amide bonds. The second kappa shape index (κ2) is 5.49. The molecule has 1 unspecified atom stereocenters. The van der Waals surface area contributed by atoms with E-state index < -0.39 is 0 Å². The topological polar surface area (TPSA) is 63.8 Å². The number of nitrogens with two attached hydrogens (primary N) is 1. The van der Waals surface area contributed by atoms with Crippen LogP contribution >= 0.6 is 0 Å². The highest BCUT2D eigenvalue weighted by Gasteiger charge is 2.20. The van der Waals surface area contributed by atoms with Gasteiger partial charge in [0.1, 0.15) is 11.6 Å². The van der Waals surface area contributed by atoms with Crippen LogP contribution < -0.4 is 11.1 Å². The Kier molecular flexibility index (Phi) is 3.93. The Balaban J connectivity index is 2.30. The average Bonchev–Trinajstić information content (AvgIpc) is 2.38. The van der Waals surface area contributed by atoms with Gasteiger partial charge in [-0.1, -0.05) is 51.1 Å². The van der Waals surface area contributed by atoms with Crippen molar-refractivity contribution in [2.45, 2.75) is 33.7 Å². The second-order valence-electron chi connectivity index (χ2n) is 6.10. The fraction of sp³-hybridized carbons (Fsp3) is 0.375. The quantitative estimate of drug-likeness (QED) is 0.895. The molecule has 1 heterocycles. The van der Waals surface area contributed by atoms with Crippen molar-refractivity contribution in [1.82, 2.24) is 9.97 Å². The number of nitrogen functional groups attached to an aromatic ring is 1. The molecule has 0 spiro atoms. The predicted octanol–water partition coefficient (Wildman–Crippen LogP) is 3.57.